The topological polar surface area (TPSA) is 94.9 Å². The lowest BCUT2D eigenvalue weighted by Crippen LogP contribution is -2.28. The number of aliphatic hydroxyl groups is 1. The van der Waals surface area contributed by atoms with Gasteiger partial charge in [0.05, 0.1) is 6.42 Å². The average Bonchev–Trinajstić information content (AvgIpc) is 2.96. The van der Waals surface area contributed by atoms with Crippen LogP contribution < -0.4 is 0 Å². The zero-order valence-corrected chi connectivity index (χ0v) is 11.8. The number of aliphatic hydroxyl groups excluding tert-OH is 1. The van der Waals surface area contributed by atoms with Gasteiger partial charge in [-0.1, -0.05) is 0 Å². The monoisotopic (exact) mass is 305 g/mol. The lowest BCUT2D eigenvalue weighted by atomic mass is 10.1. The minimum atomic E-state index is -3.55. The number of sulfonamides is 1. The summed E-state index contributed by atoms with van der Waals surface area (Å²) in [6.45, 7) is 0.714. The van der Waals surface area contributed by atoms with Crippen LogP contribution in [0.15, 0.2) is 16.3 Å². The Labute approximate surface area is 115 Å². The van der Waals surface area contributed by atoms with Crippen LogP contribution >= 0.6 is 11.3 Å². The predicted molar refractivity (Wildman–Crippen MR) is 69.6 cm³/mol. The Morgan fingerprint density at radius 1 is 1.47 bits per heavy atom. The van der Waals surface area contributed by atoms with Gasteiger partial charge in [-0.3, -0.25) is 4.79 Å². The van der Waals surface area contributed by atoms with Crippen LogP contribution in [-0.2, 0) is 21.2 Å². The summed E-state index contributed by atoms with van der Waals surface area (Å²) >= 11 is 0.991. The van der Waals surface area contributed by atoms with Gasteiger partial charge in [0.15, 0.2) is 0 Å². The Bertz CT molecular complexity index is 565. The number of hydrogen-bond donors (Lipinski definition) is 2. The third kappa shape index (κ3) is 3.14. The maximum atomic E-state index is 12.3. The maximum absolute atomic E-state index is 12.3. The highest BCUT2D eigenvalue weighted by Crippen LogP contribution is 2.29. The van der Waals surface area contributed by atoms with Gasteiger partial charge >= 0.3 is 5.97 Å². The van der Waals surface area contributed by atoms with Crippen LogP contribution in [0.25, 0.3) is 0 Å². The molecule has 2 N–H and O–H groups in total. The van der Waals surface area contributed by atoms with Crippen molar-refractivity contribution in [2.24, 2.45) is 5.92 Å². The number of carboxylic acid groups (broad SMARTS) is 1. The van der Waals surface area contributed by atoms with Gasteiger partial charge in [0.25, 0.3) is 10.0 Å². The first-order chi connectivity index (χ1) is 8.93. The maximum Gasteiger partial charge on any atom is 0.308 e. The third-order valence-corrected chi connectivity index (χ3v) is 6.48. The summed E-state index contributed by atoms with van der Waals surface area (Å²) in [5.74, 6) is -0.986. The van der Waals surface area contributed by atoms with E-state index < -0.39 is 16.0 Å². The minimum Gasteiger partial charge on any atom is -0.481 e. The van der Waals surface area contributed by atoms with Crippen molar-refractivity contribution in [3.05, 3.63) is 17.0 Å². The third-order valence-electron chi connectivity index (χ3n) is 3.06. The SMILES string of the molecule is O=C(O)Cc1ccc(S(=O)(=O)N2CCC(CO)C2)s1. The Hall–Kier alpha value is -0.960. The molecule has 1 aliphatic rings. The van der Waals surface area contributed by atoms with E-state index in [0.717, 1.165) is 11.3 Å². The van der Waals surface area contributed by atoms with Gasteiger partial charge in [-0.2, -0.15) is 4.31 Å². The largest absolute Gasteiger partial charge is 0.481 e. The molecular formula is C11H15NO5S2. The van der Waals surface area contributed by atoms with Crippen LogP contribution in [0.1, 0.15) is 11.3 Å². The molecule has 1 aliphatic heterocycles. The highest BCUT2D eigenvalue weighted by molar-refractivity contribution is 7.91. The molecule has 1 unspecified atom stereocenters. The molecule has 1 aromatic rings. The van der Waals surface area contributed by atoms with Crippen LogP contribution in [0.4, 0.5) is 0 Å². The van der Waals surface area contributed by atoms with E-state index in [-0.39, 0.29) is 23.2 Å². The number of nitrogens with zero attached hydrogens (tertiary/aromatic N) is 1. The van der Waals surface area contributed by atoms with E-state index in [4.69, 9.17) is 10.2 Å². The van der Waals surface area contributed by atoms with Crippen molar-refractivity contribution in [2.45, 2.75) is 17.1 Å². The van der Waals surface area contributed by atoms with Gasteiger partial charge in [0, 0.05) is 24.6 Å². The molecule has 0 bridgehead atoms. The minimum absolute atomic E-state index is 0.00627. The van der Waals surface area contributed by atoms with Crippen LogP contribution in [-0.4, -0.2) is 48.6 Å². The van der Waals surface area contributed by atoms with Crippen molar-refractivity contribution in [2.75, 3.05) is 19.7 Å². The van der Waals surface area contributed by atoms with Gasteiger partial charge in [-0.25, -0.2) is 8.42 Å². The Morgan fingerprint density at radius 2 is 2.21 bits per heavy atom. The predicted octanol–water partition coefficient (Wildman–Crippen LogP) is 0.378. The van der Waals surface area contributed by atoms with Crippen molar-refractivity contribution < 1.29 is 23.4 Å². The normalized spacial score (nSPS) is 20.8. The zero-order chi connectivity index (χ0) is 14.0. The second-order valence-corrected chi connectivity index (χ2v) is 7.82. The second kappa shape index (κ2) is 5.58. The number of carbonyl (C=O) groups is 1. The molecule has 0 spiro atoms. The lowest BCUT2D eigenvalue weighted by molar-refractivity contribution is -0.136. The molecule has 6 nitrogen and oxygen atoms in total. The van der Waals surface area contributed by atoms with Crippen molar-refractivity contribution in [1.29, 1.82) is 0 Å². The van der Waals surface area contributed by atoms with Crippen LogP contribution in [0, 0.1) is 5.92 Å². The van der Waals surface area contributed by atoms with Gasteiger partial charge in [0.1, 0.15) is 4.21 Å². The van der Waals surface area contributed by atoms with Crippen LogP contribution in [0.3, 0.4) is 0 Å². The Kier molecular flexibility index (Phi) is 4.24. The molecule has 1 fully saturated rings. The average molecular weight is 305 g/mol. The fraction of sp³-hybridized carbons (Fsp3) is 0.545. The molecule has 0 aliphatic carbocycles. The van der Waals surface area contributed by atoms with Gasteiger partial charge in [0.2, 0.25) is 0 Å². The molecule has 8 heteroatoms. The second-order valence-electron chi connectivity index (χ2n) is 4.49. The van der Waals surface area contributed by atoms with E-state index >= 15 is 0 Å². The van der Waals surface area contributed by atoms with Crippen molar-refractivity contribution in [1.82, 2.24) is 4.31 Å². The van der Waals surface area contributed by atoms with Crippen LogP contribution in [0.5, 0.6) is 0 Å². The van der Waals surface area contributed by atoms with Gasteiger partial charge in [-0.05, 0) is 24.5 Å². The van der Waals surface area contributed by atoms with E-state index in [1.165, 1.54) is 16.4 Å². The Morgan fingerprint density at radius 3 is 2.79 bits per heavy atom. The molecule has 0 radical (unpaired) electrons. The molecule has 1 saturated heterocycles. The van der Waals surface area contributed by atoms with Gasteiger partial charge in [-0.15, -0.1) is 11.3 Å². The molecule has 106 valence electrons. The quantitative estimate of drug-likeness (QED) is 0.820. The molecular weight excluding hydrogens is 290 g/mol. The number of hydrogen-bond acceptors (Lipinski definition) is 5. The fourth-order valence-electron chi connectivity index (χ4n) is 2.03. The molecule has 1 atom stereocenters. The van der Waals surface area contributed by atoms with E-state index in [9.17, 15) is 13.2 Å². The Balaban J connectivity index is 2.16. The summed E-state index contributed by atoms with van der Waals surface area (Å²) in [5.41, 5.74) is 0. The van der Waals surface area contributed by atoms with Crippen molar-refractivity contribution >= 4 is 27.3 Å². The summed E-state index contributed by atoms with van der Waals surface area (Å²) < 4.78 is 26.1. The number of aliphatic carboxylic acids is 1. The van der Waals surface area contributed by atoms with Gasteiger partial charge < -0.3 is 10.2 Å². The summed E-state index contributed by atoms with van der Waals surface area (Å²) in [6, 6.07) is 2.98. The zero-order valence-electron chi connectivity index (χ0n) is 10.2. The standard InChI is InChI=1S/C11H15NO5S2/c13-7-8-3-4-12(6-8)19(16,17)11-2-1-9(18-11)5-10(14)15/h1-2,8,13H,3-7H2,(H,14,15). The van der Waals surface area contributed by atoms with Crippen molar-refractivity contribution in [3.63, 3.8) is 0 Å². The highest BCUT2D eigenvalue weighted by atomic mass is 32.2. The molecule has 0 amide bonds. The van der Waals surface area contributed by atoms with E-state index in [0.29, 0.717) is 24.4 Å². The molecule has 1 aromatic heterocycles. The summed E-state index contributed by atoms with van der Waals surface area (Å²) in [6.07, 6.45) is 0.489. The summed E-state index contributed by atoms with van der Waals surface area (Å²) in [7, 11) is -3.55. The van der Waals surface area contributed by atoms with Crippen LogP contribution in [0.2, 0.25) is 0 Å². The lowest BCUT2D eigenvalue weighted by Gasteiger charge is -2.14. The van der Waals surface area contributed by atoms with E-state index in [2.05, 4.69) is 0 Å². The summed E-state index contributed by atoms with van der Waals surface area (Å²) in [4.78, 5) is 11.1. The first kappa shape index (κ1) is 14.4. The van der Waals surface area contributed by atoms with Crippen molar-refractivity contribution in [3.8, 4) is 0 Å². The molecule has 19 heavy (non-hydrogen) atoms. The van der Waals surface area contributed by atoms with E-state index in [1.807, 2.05) is 0 Å². The van der Waals surface area contributed by atoms with E-state index in [1.54, 1.807) is 0 Å². The molecule has 0 saturated carbocycles. The highest BCUT2D eigenvalue weighted by Gasteiger charge is 2.33. The number of thiophene rings is 1. The first-order valence-electron chi connectivity index (χ1n) is 5.85. The fourth-order valence-corrected chi connectivity index (χ4v) is 5.06. The smallest absolute Gasteiger partial charge is 0.308 e. The number of carboxylic acids is 1. The first-order valence-corrected chi connectivity index (χ1v) is 8.10. The molecule has 2 heterocycles. The number of rotatable bonds is 5. The molecule has 0 aromatic carbocycles. The summed E-state index contributed by atoms with van der Waals surface area (Å²) in [5, 5.41) is 17.7. The molecule has 2 rings (SSSR count).